The van der Waals surface area contributed by atoms with Crippen LogP contribution in [0, 0.1) is 11.3 Å². The van der Waals surface area contributed by atoms with Crippen LogP contribution in [0.15, 0.2) is 83.3 Å². The molecule has 0 saturated heterocycles. The Morgan fingerprint density at radius 2 is 1.70 bits per heavy atom. The van der Waals surface area contributed by atoms with Crippen LogP contribution in [-0.2, 0) is 13.0 Å². The number of nitrogens with one attached hydrogen (secondary N) is 1. The third kappa shape index (κ3) is 7.70. The molecule has 0 saturated carbocycles. The largest absolute Gasteiger partial charge is 0.492 e. The predicted molar refractivity (Wildman–Crippen MR) is 137 cm³/mol. The highest BCUT2D eigenvalue weighted by atomic mass is 79.9. The molecule has 0 aliphatic heterocycles. The summed E-state index contributed by atoms with van der Waals surface area (Å²) in [5.74, 6) is 0.358. The molecule has 3 rings (SSSR count). The predicted octanol–water partition coefficient (Wildman–Crippen LogP) is 5.50. The third-order valence-electron chi connectivity index (χ3n) is 4.90. The summed E-state index contributed by atoms with van der Waals surface area (Å²) in [5, 5.41) is 12.1. The van der Waals surface area contributed by atoms with Crippen molar-refractivity contribution < 1.29 is 9.53 Å². The minimum absolute atomic E-state index is 0.290. The second kappa shape index (κ2) is 12.7. The van der Waals surface area contributed by atoms with Gasteiger partial charge in [-0.1, -0.05) is 60.7 Å². The number of carbonyl (C=O) groups is 1. The lowest BCUT2D eigenvalue weighted by Gasteiger charge is -2.24. The van der Waals surface area contributed by atoms with Crippen molar-refractivity contribution in [1.29, 1.82) is 5.26 Å². The molecule has 0 aliphatic carbocycles. The quantitative estimate of drug-likeness (QED) is 0.376. The topological polar surface area (TPSA) is 65.4 Å². The van der Waals surface area contributed by atoms with Gasteiger partial charge in [0.05, 0.1) is 23.6 Å². The Kier molecular flexibility index (Phi) is 9.43. The maximum Gasteiger partial charge on any atom is 0.257 e. The molecule has 3 aromatic rings. The lowest BCUT2D eigenvalue weighted by molar-refractivity contribution is 0.0973. The fourth-order valence-corrected chi connectivity index (χ4v) is 3.91. The number of benzene rings is 3. The highest BCUT2D eigenvalue weighted by molar-refractivity contribution is 9.10. The summed E-state index contributed by atoms with van der Waals surface area (Å²) in [6.45, 7) is 1.48. The molecule has 0 spiro atoms. The van der Waals surface area contributed by atoms with Crippen LogP contribution < -0.4 is 10.1 Å². The number of amides is 1. The summed E-state index contributed by atoms with van der Waals surface area (Å²) < 4.78 is 6.56. The normalized spacial score (nSPS) is 10.2. The molecule has 0 unspecified atom stereocenters. The fourth-order valence-electron chi connectivity index (χ4n) is 3.17. The van der Waals surface area contributed by atoms with Gasteiger partial charge in [0.15, 0.2) is 5.11 Å². The van der Waals surface area contributed by atoms with E-state index >= 15 is 0 Å². The molecule has 5 nitrogen and oxygen atoms in total. The van der Waals surface area contributed by atoms with E-state index in [-0.39, 0.29) is 5.91 Å². The monoisotopic (exact) mass is 521 g/mol. The van der Waals surface area contributed by atoms with Crippen LogP contribution in [0.1, 0.15) is 27.9 Å². The van der Waals surface area contributed by atoms with Gasteiger partial charge in [-0.05, 0) is 57.5 Å². The molecule has 0 fully saturated rings. The van der Waals surface area contributed by atoms with Gasteiger partial charge in [-0.3, -0.25) is 10.1 Å². The zero-order chi connectivity index (χ0) is 23.5. The van der Waals surface area contributed by atoms with Crippen molar-refractivity contribution >= 4 is 39.2 Å². The lowest BCUT2D eigenvalue weighted by atomic mass is 10.2. The molecule has 0 radical (unpaired) electrons. The number of rotatable bonds is 9. The summed E-state index contributed by atoms with van der Waals surface area (Å²) in [5.41, 5.74) is 2.71. The summed E-state index contributed by atoms with van der Waals surface area (Å²) in [4.78, 5) is 14.6. The van der Waals surface area contributed by atoms with Crippen LogP contribution in [0.3, 0.4) is 0 Å². The molecular weight excluding hydrogens is 498 g/mol. The van der Waals surface area contributed by atoms with Gasteiger partial charge in [0.25, 0.3) is 5.91 Å². The number of halogens is 1. The van der Waals surface area contributed by atoms with Crippen molar-refractivity contribution in [1.82, 2.24) is 10.2 Å². The minimum atomic E-state index is -0.313. The number of nitriles is 1. The SMILES string of the molecule is N#CCCN(Cc1ccccc1)C(=S)NC(=O)c1ccc(OCCc2ccccc2)c(Br)c1. The molecule has 0 atom stereocenters. The standard InChI is InChI=1S/C26H24BrN3O2S/c27-23-18-22(12-13-24(23)32-17-14-20-8-3-1-4-9-20)25(31)29-26(33)30(16-7-15-28)19-21-10-5-2-6-11-21/h1-6,8-13,18H,7,14,16-17,19H2,(H,29,31,33). The average Bonchev–Trinajstić information content (AvgIpc) is 2.84. The average molecular weight is 522 g/mol. The Balaban J connectivity index is 1.59. The number of carbonyl (C=O) groups excluding carboxylic acids is 1. The van der Waals surface area contributed by atoms with Crippen molar-refractivity contribution in [3.8, 4) is 11.8 Å². The first-order valence-corrected chi connectivity index (χ1v) is 11.7. The maximum atomic E-state index is 12.8. The molecule has 1 N–H and O–H groups in total. The molecule has 7 heteroatoms. The molecule has 0 bridgehead atoms. The van der Waals surface area contributed by atoms with E-state index in [0.717, 1.165) is 12.0 Å². The van der Waals surface area contributed by atoms with Gasteiger partial charge >= 0.3 is 0 Å². The lowest BCUT2D eigenvalue weighted by Crippen LogP contribution is -2.42. The van der Waals surface area contributed by atoms with Gasteiger partial charge in [0.1, 0.15) is 5.75 Å². The van der Waals surface area contributed by atoms with Crippen LogP contribution in [0.2, 0.25) is 0 Å². The zero-order valence-corrected chi connectivity index (χ0v) is 20.4. The van der Waals surface area contributed by atoms with Gasteiger partial charge < -0.3 is 9.64 Å². The third-order valence-corrected chi connectivity index (χ3v) is 5.88. The fraction of sp³-hybridized carbons (Fsp3) is 0.192. The van der Waals surface area contributed by atoms with E-state index in [1.165, 1.54) is 5.56 Å². The molecule has 33 heavy (non-hydrogen) atoms. The van der Waals surface area contributed by atoms with E-state index in [1.54, 1.807) is 18.2 Å². The van der Waals surface area contributed by atoms with Gasteiger partial charge in [-0.25, -0.2) is 0 Å². The summed E-state index contributed by atoms with van der Waals surface area (Å²) in [6, 6.07) is 27.2. The Morgan fingerprint density at radius 1 is 1.03 bits per heavy atom. The summed E-state index contributed by atoms with van der Waals surface area (Å²) in [7, 11) is 0. The van der Waals surface area contributed by atoms with Gasteiger partial charge in [-0.2, -0.15) is 5.26 Å². The summed E-state index contributed by atoms with van der Waals surface area (Å²) in [6.07, 6.45) is 1.10. The van der Waals surface area contributed by atoms with Crippen molar-refractivity contribution in [2.45, 2.75) is 19.4 Å². The van der Waals surface area contributed by atoms with E-state index in [1.807, 2.05) is 53.4 Å². The Morgan fingerprint density at radius 3 is 2.33 bits per heavy atom. The first-order valence-electron chi connectivity index (χ1n) is 10.5. The molecule has 0 heterocycles. The van der Waals surface area contributed by atoms with Crippen LogP contribution >= 0.6 is 28.1 Å². The Bertz CT molecular complexity index is 1120. The van der Waals surface area contributed by atoms with Gasteiger partial charge in [0, 0.05) is 25.1 Å². The van der Waals surface area contributed by atoms with E-state index in [4.69, 9.17) is 22.2 Å². The molecule has 1 amide bonds. The maximum absolute atomic E-state index is 12.8. The number of nitrogens with zero attached hydrogens (tertiary/aromatic N) is 2. The second-order valence-corrected chi connectivity index (χ2v) is 8.54. The van der Waals surface area contributed by atoms with Crippen LogP contribution in [0.25, 0.3) is 0 Å². The van der Waals surface area contributed by atoms with Gasteiger partial charge in [0.2, 0.25) is 0 Å². The molecule has 3 aromatic carbocycles. The first-order chi connectivity index (χ1) is 16.1. The summed E-state index contributed by atoms with van der Waals surface area (Å²) >= 11 is 8.97. The smallest absolute Gasteiger partial charge is 0.257 e. The van der Waals surface area contributed by atoms with Gasteiger partial charge in [-0.15, -0.1) is 0 Å². The number of thiocarbonyl (C=S) groups is 1. The van der Waals surface area contributed by atoms with E-state index in [0.29, 0.717) is 47.0 Å². The minimum Gasteiger partial charge on any atom is -0.492 e. The van der Waals surface area contributed by atoms with E-state index < -0.39 is 0 Å². The molecule has 0 aromatic heterocycles. The van der Waals surface area contributed by atoms with Crippen LogP contribution in [-0.4, -0.2) is 29.1 Å². The zero-order valence-electron chi connectivity index (χ0n) is 18.0. The number of ether oxygens (including phenoxy) is 1. The van der Waals surface area contributed by atoms with Crippen molar-refractivity contribution in [2.24, 2.45) is 0 Å². The van der Waals surface area contributed by atoms with Crippen molar-refractivity contribution in [3.63, 3.8) is 0 Å². The molecular formula is C26H24BrN3O2S. The Labute approximate surface area is 208 Å². The highest BCUT2D eigenvalue weighted by Gasteiger charge is 2.16. The van der Waals surface area contributed by atoms with E-state index in [2.05, 4.69) is 39.4 Å². The Hall–Kier alpha value is -3.21. The van der Waals surface area contributed by atoms with Crippen LogP contribution in [0.4, 0.5) is 0 Å². The van der Waals surface area contributed by atoms with Crippen molar-refractivity contribution in [2.75, 3.05) is 13.2 Å². The first kappa shape index (κ1) is 24.4. The molecule has 0 aliphatic rings. The molecule has 168 valence electrons. The van der Waals surface area contributed by atoms with E-state index in [9.17, 15) is 4.79 Å². The number of hydrogen-bond acceptors (Lipinski definition) is 4. The number of hydrogen-bond donors (Lipinski definition) is 1. The highest BCUT2D eigenvalue weighted by Crippen LogP contribution is 2.26. The van der Waals surface area contributed by atoms with Crippen LogP contribution in [0.5, 0.6) is 5.75 Å². The second-order valence-electron chi connectivity index (χ2n) is 7.30. The van der Waals surface area contributed by atoms with Crippen molar-refractivity contribution in [3.05, 3.63) is 100 Å².